The molecule has 9 amide bonds. The first-order valence-electron chi connectivity index (χ1n) is 26.1. The number of hydrogen-bond donors (Lipinski definition) is 16. The second-order valence-corrected chi connectivity index (χ2v) is 21.5. The Hall–Kier alpha value is -8.84. The number of hydrogen-bond acceptors (Lipinski definition) is 17. The Kier molecular flexibility index (Phi) is 30.8. The summed E-state index contributed by atoms with van der Waals surface area (Å²) in [6, 6.07) is 11.7. The van der Waals surface area contributed by atoms with E-state index in [4.69, 9.17) is 15.6 Å². The number of carbonyl (C=O) groups excluding carboxylic acids is 7. The highest BCUT2D eigenvalue weighted by Crippen LogP contribution is 2.22. The van der Waals surface area contributed by atoms with Crippen molar-refractivity contribution in [2.75, 3.05) is 24.7 Å². The molecule has 3 rings (SSSR count). The number of carboxylic acids is 5. The summed E-state index contributed by atoms with van der Waals surface area (Å²) in [7, 11) is 2.06. The van der Waals surface area contributed by atoms with Gasteiger partial charge in [0.1, 0.15) is 42.6 Å². The van der Waals surface area contributed by atoms with Crippen LogP contribution >= 0.6 is 21.6 Å². The molecule has 0 saturated heterocycles. The molecule has 17 N–H and O–H groups in total. The van der Waals surface area contributed by atoms with Crippen molar-refractivity contribution in [3.05, 3.63) is 101 Å². The summed E-state index contributed by atoms with van der Waals surface area (Å²) in [5.74, 6) is -10.9. The lowest BCUT2D eigenvalue weighted by atomic mass is 9.96. The van der Waals surface area contributed by atoms with E-state index in [9.17, 15) is 83.1 Å². The van der Waals surface area contributed by atoms with Crippen LogP contribution < -0.4 is 53.8 Å². The van der Waals surface area contributed by atoms with Crippen LogP contribution in [0.15, 0.2) is 78.9 Å². The molecule has 0 aliphatic rings. The number of nitrogens with two attached hydrogens (primary N) is 1. The molecule has 0 aromatic heterocycles. The third kappa shape index (κ3) is 28.7. The first-order valence-corrected chi connectivity index (χ1v) is 28.6. The minimum absolute atomic E-state index is 0.0581. The Balaban J connectivity index is 1.45. The predicted molar refractivity (Wildman–Crippen MR) is 303 cm³/mol. The van der Waals surface area contributed by atoms with Crippen molar-refractivity contribution >= 4 is 93.2 Å². The monoisotopic (exact) mass is 1210 g/mol. The summed E-state index contributed by atoms with van der Waals surface area (Å²) in [4.78, 5) is 148. The number of unbranched alkanes of at least 4 members (excludes halogenated alkanes) is 1. The van der Waals surface area contributed by atoms with Crippen molar-refractivity contribution in [2.24, 2.45) is 11.7 Å². The lowest BCUT2D eigenvalue weighted by molar-refractivity contribution is -0.143. The van der Waals surface area contributed by atoms with Gasteiger partial charge in [-0.05, 0) is 72.9 Å². The molecule has 29 nitrogen and oxygen atoms in total. The van der Waals surface area contributed by atoms with E-state index in [0.717, 1.165) is 27.2 Å². The molecular weight excluding hydrogens is 1140 g/mol. The number of ether oxygens (including phenoxy) is 1. The van der Waals surface area contributed by atoms with Gasteiger partial charge in [-0.3, -0.25) is 34.2 Å². The van der Waals surface area contributed by atoms with Crippen molar-refractivity contribution in [1.29, 1.82) is 0 Å². The molecule has 0 radical (unpaired) electrons. The topological polar surface area (TPSA) is 470 Å². The zero-order chi connectivity index (χ0) is 62.1. The van der Waals surface area contributed by atoms with Crippen LogP contribution in [0.3, 0.4) is 0 Å². The van der Waals surface area contributed by atoms with E-state index in [1.807, 2.05) is 5.32 Å². The number of rotatable bonds is 37. The first kappa shape index (κ1) is 69.4. The Labute approximate surface area is 489 Å². The number of carbonyl (C=O) groups is 12. The van der Waals surface area contributed by atoms with E-state index in [1.165, 1.54) is 12.1 Å². The van der Waals surface area contributed by atoms with E-state index in [2.05, 4.69) is 42.8 Å². The Bertz CT molecular complexity index is 2710. The molecule has 0 aliphatic heterocycles. The Morgan fingerprint density at radius 3 is 1.76 bits per heavy atom. The molecule has 458 valence electrons. The smallest absolute Gasteiger partial charge is 0.426 e. The molecular formula is C53H70N10O19S2. The third-order valence-corrected chi connectivity index (χ3v) is 14.4. The number of aromatic hydroxyl groups is 1. The van der Waals surface area contributed by atoms with Crippen LogP contribution in [0.1, 0.15) is 74.1 Å². The molecule has 0 spiro atoms. The van der Waals surface area contributed by atoms with Gasteiger partial charge in [0.05, 0.1) is 12.8 Å². The van der Waals surface area contributed by atoms with Crippen molar-refractivity contribution in [2.45, 2.75) is 114 Å². The lowest BCUT2D eigenvalue weighted by Crippen LogP contribution is -2.57. The number of nitrogens with one attached hydrogen (secondary N) is 9. The standard InChI is InChI=1S/C53H70N10O19S2/c1-30(23-35(54)24-32-14-16-36(64)17-15-32)45(70)62-63-53(81)82-21-22-83-84-29-41(50(77)78)59-47(72)40(27-44(68)69)58-46(71)39(25-31-7-3-2-4-8-31)57-42(65)26-33-10-12-34(13-11-33)28-56-51(79)55-20-6-5-9-37(48(73)74)60-52(80)61-38(49(75)76)18-19-43(66)67/h2-4,7-8,10-17,30,35,37-41,64H,5-6,9,18-29,54H2,1H3,(H,57,65)(H,58,71)(H,59,72)(H,62,70)(H,63,81)(H,66,67)(H,68,69)(H,73,74)(H,75,76)(H,77,78)(H2,55,56,79)(H2,60,61,80)/t30-,35+,37-,38-,39-,40-,41-/m0/s1. The molecule has 3 aromatic carbocycles. The normalized spacial score (nSPS) is 13.3. The number of urea groups is 2. The van der Waals surface area contributed by atoms with Crippen LogP contribution in [0, 0.1) is 5.92 Å². The number of benzene rings is 3. The molecule has 0 unspecified atom stereocenters. The predicted octanol–water partition coefficient (Wildman–Crippen LogP) is 0.966. The van der Waals surface area contributed by atoms with Crippen molar-refractivity contribution in [3.63, 3.8) is 0 Å². The van der Waals surface area contributed by atoms with Gasteiger partial charge in [0.15, 0.2) is 0 Å². The maximum atomic E-state index is 13.8. The summed E-state index contributed by atoms with van der Waals surface area (Å²) in [6.45, 7) is 1.64. The van der Waals surface area contributed by atoms with Crippen molar-refractivity contribution in [3.8, 4) is 5.75 Å². The molecule has 0 bridgehead atoms. The van der Waals surface area contributed by atoms with E-state index >= 15 is 0 Å². The van der Waals surface area contributed by atoms with Crippen molar-refractivity contribution in [1.82, 2.24) is 48.1 Å². The maximum Gasteiger partial charge on any atom is 0.426 e. The quantitative estimate of drug-likeness (QED) is 0.0217. The fraction of sp³-hybridized carbons (Fsp3) is 0.434. The molecule has 3 aromatic rings. The summed E-state index contributed by atoms with van der Waals surface area (Å²) in [6.07, 6.45) is -2.00. The van der Waals surface area contributed by atoms with Crippen LogP contribution in [-0.2, 0) is 73.7 Å². The average molecular weight is 1220 g/mol. The first-order chi connectivity index (χ1) is 39.9. The number of amides is 9. The van der Waals surface area contributed by atoms with Gasteiger partial charge in [-0.25, -0.2) is 34.2 Å². The fourth-order valence-electron chi connectivity index (χ4n) is 7.62. The SMILES string of the molecule is C[C@@H](C[C@@H](N)Cc1ccc(O)cc1)C(=O)NNC(=O)OCCSSC[C@H](NC(=O)[C@H](CC(=O)O)NC(=O)[C@H](Cc1ccccc1)NC(=O)Cc1ccc(CNC(=O)NCCCC[C@H](NC(=O)N[C@@H](CCC(=O)O)C(=O)O)C(=O)O)cc1)C(=O)O. The molecule has 7 atom stereocenters. The second-order valence-electron chi connectivity index (χ2n) is 18.9. The Morgan fingerprint density at radius 1 is 0.560 bits per heavy atom. The van der Waals surface area contributed by atoms with Crippen LogP contribution in [0.5, 0.6) is 5.75 Å². The molecule has 84 heavy (non-hydrogen) atoms. The fourth-order valence-corrected chi connectivity index (χ4v) is 9.61. The average Bonchev–Trinajstić information content (AvgIpc) is 3.46. The Morgan fingerprint density at radius 2 is 1.14 bits per heavy atom. The van der Waals surface area contributed by atoms with Crippen LogP contribution in [0.25, 0.3) is 0 Å². The van der Waals surface area contributed by atoms with Crippen LogP contribution in [0.4, 0.5) is 14.4 Å². The van der Waals surface area contributed by atoms with Gasteiger partial charge in [0.25, 0.3) is 0 Å². The number of phenols is 1. The summed E-state index contributed by atoms with van der Waals surface area (Å²) in [5, 5.41) is 73.2. The zero-order valence-electron chi connectivity index (χ0n) is 45.5. The van der Waals surface area contributed by atoms with Gasteiger partial charge in [-0.1, -0.05) is 95.2 Å². The summed E-state index contributed by atoms with van der Waals surface area (Å²) >= 11 is 0. The number of aliphatic carboxylic acids is 5. The summed E-state index contributed by atoms with van der Waals surface area (Å²) in [5.41, 5.74) is 13.2. The highest BCUT2D eigenvalue weighted by molar-refractivity contribution is 8.76. The minimum Gasteiger partial charge on any atom is -0.508 e. The number of carboxylic acid groups (broad SMARTS) is 5. The second kappa shape index (κ2) is 37.3. The largest absolute Gasteiger partial charge is 0.508 e. The maximum absolute atomic E-state index is 13.8. The van der Waals surface area contributed by atoms with E-state index in [0.29, 0.717) is 36.0 Å². The van der Waals surface area contributed by atoms with E-state index < -0.39 is 127 Å². The van der Waals surface area contributed by atoms with Crippen LogP contribution in [0.2, 0.25) is 0 Å². The van der Waals surface area contributed by atoms with Gasteiger partial charge >= 0.3 is 48.0 Å². The van der Waals surface area contributed by atoms with Gasteiger partial charge in [0, 0.05) is 49.4 Å². The lowest BCUT2D eigenvalue weighted by Gasteiger charge is -2.24. The van der Waals surface area contributed by atoms with E-state index in [-0.39, 0.29) is 68.7 Å². The van der Waals surface area contributed by atoms with Crippen molar-refractivity contribution < 1.29 is 92.9 Å². The molecule has 0 fully saturated rings. The highest BCUT2D eigenvalue weighted by Gasteiger charge is 2.32. The molecule has 0 saturated carbocycles. The number of hydrazine groups is 1. The van der Waals surface area contributed by atoms with Gasteiger partial charge in [-0.15, -0.1) is 0 Å². The molecule has 0 aliphatic carbocycles. The van der Waals surface area contributed by atoms with Gasteiger partial charge < -0.3 is 78.3 Å². The highest BCUT2D eigenvalue weighted by atomic mass is 33.1. The van der Waals surface area contributed by atoms with E-state index in [1.54, 1.807) is 73.7 Å². The summed E-state index contributed by atoms with van der Waals surface area (Å²) < 4.78 is 5.04. The van der Waals surface area contributed by atoms with Gasteiger partial charge in [0.2, 0.25) is 23.6 Å². The number of phenolic OH excluding ortho intramolecular Hbond substituents is 1. The molecule has 0 heterocycles. The third-order valence-electron chi connectivity index (χ3n) is 12.0. The van der Waals surface area contributed by atoms with Gasteiger partial charge in [-0.2, -0.15) is 0 Å². The zero-order valence-corrected chi connectivity index (χ0v) is 47.2. The molecule has 31 heteroatoms. The van der Waals surface area contributed by atoms with Crippen LogP contribution in [-0.4, -0.2) is 163 Å². The minimum atomic E-state index is -1.78.